The Kier molecular flexibility index (Phi) is 4.72. The van der Waals surface area contributed by atoms with Gasteiger partial charge in [0.2, 0.25) is 18.6 Å². The minimum Gasteiger partial charge on any atom is -0.454 e. The van der Waals surface area contributed by atoms with Crippen LogP contribution in [-0.2, 0) is 16.1 Å². The van der Waals surface area contributed by atoms with E-state index in [9.17, 15) is 9.59 Å². The van der Waals surface area contributed by atoms with Crippen LogP contribution in [0.1, 0.15) is 63.4 Å². The lowest BCUT2D eigenvalue weighted by molar-refractivity contribution is -0.142. The summed E-state index contributed by atoms with van der Waals surface area (Å²) in [5.41, 5.74) is 1.40. The smallest absolute Gasteiger partial charge is 0.232 e. The molecule has 1 aromatic rings. The highest BCUT2D eigenvalue weighted by Gasteiger charge is 2.51. The number of carbonyl (C=O) groups excluding carboxylic acids is 2. The summed E-state index contributed by atoms with van der Waals surface area (Å²) < 4.78 is 10.8. The van der Waals surface area contributed by atoms with E-state index in [-0.39, 0.29) is 24.6 Å². The molecular formula is C23H28N2O4. The van der Waals surface area contributed by atoms with Crippen molar-refractivity contribution < 1.29 is 19.1 Å². The highest BCUT2D eigenvalue weighted by molar-refractivity contribution is 5.91. The van der Waals surface area contributed by atoms with Crippen molar-refractivity contribution in [2.45, 2.75) is 70.4 Å². The van der Waals surface area contributed by atoms with Gasteiger partial charge >= 0.3 is 0 Å². The zero-order valence-corrected chi connectivity index (χ0v) is 16.7. The second kappa shape index (κ2) is 7.39. The SMILES string of the molecule is O=C1CCC2(C(=O)NCc3ccc4c(c3)OCO4)CCCC=C2N1C1CCCC1. The van der Waals surface area contributed by atoms with Crippen molar-refractivity contribution in [3.8, 4) is 11.5 Å². The number of likely N-dealkylation sites (tertiary alicyclic amines) is 1. The van der Waals surface area contributed by atoms with Gasteiger partial charge in [-0.25, -0.2) is 0 Å². The monoisotopic (exact) mass is 396 g/mol. The van der Waals surface area contributed by atoms with Gasteiger partial charge in [0.05, 0.1) is 5.41 Å². The van der Waals surface area contributed by atoms with Gasteiger partial charge in [-0.05, 0) is 56.2 Å². The molecule has 1 N–H and O–H groups in total. The van der Waals surface area contributed by atoms with Crippen LogP contribution in [0, 0.1) is 5.41 Å². The molecule has 2 aliphatic carbocycles. The van der Waals surface area contributed by atoms with Gasteiger partial charge in [0, 0.05) is 24.7 Å². The van der Waals surface area contributed by atoms with Gasteiger partial charge < -0.3 is 19.7 Å². The summed E-state index contributed by atoms with van der Waals surface area (Å²) in [7, 11) is 0. The molecule has 0 spiro atoms. The van der Waals surface area contributed by atoms with Gasteiger partial charge in [-0.3, -0.25) is 9.59 Å². The van der Waals surface area contributed by atoms with Crippen LogP contribution in [-0.4, -0.2) is 29.5 Å². The van der Waals surface area contributed by atoms with E-state index in [1.165, 1.54) is 12.8 Å². The molecule has 0 bridgehead atoms. The van der Waals surface area contributed by atoms with Gasteiger partial charge in [0.25, 0.3) is 0 Å². The first kappa shape index (κ1) is 18.5. The summed E-state index contributed by atoms with van der Waals surface area (Å²) in [5.74, 6) is 1.72. The number of nitrogens with zero attached hydrogens (tertiary/aromatic N) is 1. The number of allylic oxidation sites excluding steroid dienone is 1. The van der Waals surface area contributed by atoms with Crippen LogP contribution < -0.4 is 14.8 Å². The normalized spacial score (nSPS) is 26.3. The van der Waals surface area contributed by atoms with Gasteiger partial charge in [-0.15, -0.1) is 0 Å². The molecule has 2 fully saturated rings. The van der Waals surface area contributed by atoms with Crippen LogP contribution in [0.25, 0.3) is 0 Å². The molecule has 0 radical (unpaired) electrons. The third kappa shape index (κ3) is 3.18. The molecule has 1 saturated carbocycles. The lowest BCUT2D eigenvalue weighted by Gasteiger charge is -2.48. The fraction of sp³-hybridized carbons (Fsp3) is 0.565. The van der Waals surface area contributed by atoms with E-state index >= 15 is 0 Å². The maximum Gasteiger partial charge on any atom is 0.232 e. The first-order valence-electron chi connectivity index (χ1n) is 10.9. The van der Waals surface area contributed by atoms with Gasteiger partial charge in [0.1, 0.15) is 0 Å². The van der Waals surface area contributed by atoms with Gasteiger partial charge in [-0.2, -0.15) is 0 Å². The average molecular weight is 396 g/mol. The van der Waals surface area contributed by atoms with E-state index in [0.717, 1.165) is 54.9 Å². The number of amides is 2. The Morgan fingerprint density at radius 3 is 2.83 bits per heavy atom. The van der Waals surface area contributed by atoms with E-state index in [1.54, 1.807) is 0 Å². The Bertz CT molecular complexity index is 858. The number of carbonyl (C=O) groups is 2. The van der Waals surface area contributed by atoms with Crippen molar-refractivity contribution in [2.24, 2.45) is 5.41 Å². The van der Waals surface area contributed by atoms with Crippen LogP contribution in [0.15, 0.2) is 30.0 Å². The second-order valence-electron chi connectivity index (χ2n) is 8.64. The van der Waals surface area contributed by atoms with Gasteiger partial charge in [0.15, 0.2) is 11.5 Å². The number of hydrogen-bond donors (Lipinski definition) is 1. The highest BCUT2D eigenvalue weighted by Crippen LogP contribution is 2.49. The lowest BCUT2D eigenvalue weighted by atomic mass is 9.68. The standard InChI is InChI=1S/C23H28N2O4/c26-21-10-12-23(11-4-3-7-20(23)25(21)17-5-1-2-6-17)22(27)24-14-16-8-9-18-19(13-16)29-15-28-18/h7-9,13,17H,1-6,10-12,14-15H2,(H,24,27). The number of ether oxygens (including phenoxy) is 2. The predicted octanol–water partition coefficient (Wildman–Crippen LogP) is 3.65. The summed E-state index contributed by atoms with van der Waals surface area (Å²) in [4.78, 5) is 28.3. The van der Waals surface area contributed by atoms with Crippen molar-refractivity contribution >= 4 is 11.8 Å². The zero-order chi connectivity index (χ0) is 19.8. The van der Waals surface area contributed by atoms with E-state index in [0.29, 0.717) is 19.4 Å². The fourth-order valence-electron chi connectivity index (χ4n) is 5.43. The number of fused-ring (bicyclic) bond motifs is 2. The fourth-order valence-corrected chi connectivity index (χ4v) is 5.43. The number of piperidine rings is 1. The summed E-state index contributed by atoms with van der Waals surface area (Å²) in [5, 5.41) is 3.16. The summed E-state index contributed by atoms with van der Waals surface area (Å²) in [6.45, 7) is 0.690. The molecule has 1 saturated heterocycles. The first-order chi connectivity index (χ1) is 14.2. The molecule has 0 aromatic heterocycles. The molecule has 1 aromatic carbocycles. The molecule has 29 heavy (non-hydrogen) atoms. The minimum atomic E-state index is -0.564. The molecule has 1 atom stereocenters. The summed E-state index contributed by atoms with van der Waals surface area (Å²) in [6.07, 6.45) is 10.5. The van der Waals surface area contributed by atoms with E-state index in [1.807, 2.05) is 23.1 Å². The Balaban J connectivity index is 1.36. The number of nitrogens with one attached hydrogen (secondary N) is 1. The molecule has 5 rings (SSSR count). The maximum atomic E-state index is 13.5. The minimum absolute atomic E-state index is 0.0524. The first-order valence-corrected chi connectivity index (χ1v) is 10.9. The van der Waals surface area contributed by atoms with Crippen molar-refractivity contribution in [2.75, 3.05) is 6.79 Å². The quantitative estimate of drug-likeness (QED) is 0.844. The van der Waals surface area contributed by atoms with Crippen LogP contribution in [0.3, 0.4) is 0 Å². The van der Waals surface area contributed by atoms with Crippen molar-refractivity contribution in [3.05, 3.63) is 35.5 Å². The zero-order valence-electron chi connectivity index (χ0n) is 16.7. The van der Waals surface area contributed by atoms with Crippen molar-refractivity contribution in [3.63, 3.8) is 0 Å². The molecular weight excluding hydrogens is 368 g/mol. The van der Waals surface area contributed by atoms with Gasteiger partial charge in [-0.1, -0.05) is 25.0 Å². The summed E-state index contributed by atoms with van der Waals surface area (Å²) in [6, 6.07) is 6.04. The predicted molar refractivity (Wildman–Crippen MR) is 107 cm³/mol. The Labute approximate surface area is 171 Å². The Morgan fingerprint density at radius 1 is 1.14 bits per heavy atom. The van der Waals surface area contributed by atoms with Crippen molar-refractivity contribution in [1.29, 1.82) is 0 Å². The number of hydrogen-bond acceptors (Lipinski definition) is 4. The van der Waals surface area contributed by atoms with E-state index in [2.05, 4.69) is 11.4 Å². The van der Waals surface area contributed by atoms with E-state index < -0.39 is 5.41 Å². The molecule has 6 nitrogen and oxygen atoms in total. The number of rotatable bonds is 4. The Hall–Kier alpha value is -2.50. The molecule has 154 valence electrons. The summed E-state index contributed by atoms with van der Waals surface area (Å²) >= 11 is 0. The van der Waals surface area contributed by atoms with Crippen LogP contribution in [0.2, 0.25) is 0 Å². The molecule has 2 heterocycles. The van der Waals surface area contributed by atoms with Crippen molar-refractivity contribution in [1.82, 2.24) is 10.2 Å². The maximum absolute atomic E-state index is 13.5. The van der Waals surface area contributed by atoms with Crippen LogP contribution in [0.4, 0.5) is 0 Å². The second-order valence-corrected chi connectivity index (χ2v) is 8.64. The third-order valence-electron chi connectivity index (χ3n) is 6.94. The molecule has 1 unspecified atom stereocenters. The molecule has 2 aliphatic heterocycles. The molecule has 6 heteroatoms. The molecule has 4 aliphatic rings. The van der Waals surface area contributed by atoms with E-state index in [4.69, 9.17) is 9.47 Å². The average Bonchev–Trinajstić information content (AvgIpc) is 3.43. The van der Waals surface area contributed by atoms with Crippen LogP contribution >= 0.6 is 0 Å². The molecule has 2 amide bonds. The largest absolute Gasteiger partial charge is 0.454 e. The van der Waals surface area contributed by atoms with Crippen LogP contribution in [0.5, 0.6) is 11.5 Å². The lowest BCUT2D eigenvalue weighted by Crippen LogP contribution is -2.55. The topological polar surface area (TPSA) is 67.9 Å². The Morgan fingerprint density at radius 2 is 1.97 bits per heavy atom. The number of benzene rings is 1. The highest BCUT2D eigenvalue weighted by atomic mass is 16.7. The third-order valence-corrected chi connectivity index (χ3v) is 6.94.